The van der Waals surface area contributed by atoms with E-state index in [0.29, 0.717) is 17.2 Å². The molecule has 0 unspecified atom stereocenters. The number of nitrogens with one attached hydrogen (secondary N) is 1. The molecule has 0 aromatic carbocycles. The molecule has 4 rings (SSSR count). The van der Waals surface area contributed by atoms with Crippen molar-refractivity contribution < 1.29 is 9.21 Å². The summed E-state index contributed by atoms with van der Waals surface area (Å²) in [6.07, 6.45) is 13.4. The van der Waals surface area contributed by atoms with Crippen LogP contribution in [-0.2, 0) is 0 Å². The third-order valence-corrected chi connectivity index (χ3v) is 4.17. The van der Waals surface area contributed by atoms with Crippen molar-refractivity contribution in [2.24, 2.45) is 0 Å². The van der Waals surface area contributed by atoms with E-state index in [-0.39, 0.29) is 5.91 Å². The Hall–Kier alpha value is -3.16. The van der Waals surface area contributed by atoms with E-state index in [1.807, 2.05) is 12.4 Å². The Morgan fingerprint density at radius 2 is 1.92 bits per heavy atom. The zero-order chi connectivity index (χ0) is 17.1. The van der Waals surface area contributed by atoms with Crippen LogP contribution in [0.25, 0.3) is 5.95 Å². The summed E-state index contributed by atoms with van der Waals surface area (Å²) >= 11 is 0. The SMILES string of the molecule is O=C(Nc1cnn(-c2ncc(N3CCCCC3)cn2)c1)c1ccoc1. The molecular formula is C17H18N6O2. The molecule has 1 aliphatic rings. The van der Waals surface area contributed by atoms with E-state index < -0.39 is 0 Å². The lowest BCUT2D eigenvalue weighted by Gasteiger charge is -2.28. The topological polar surface area (TPSA) is 89.1 Å². The Morgan fingerprint density at radius 1 is 1.12 bits per heavy atom. The van der Waals surface area contributed by atoms with Crippen LogP contribution in [0.15, 0.2) is 47.8 Å². The van der Waals surface area contributed by atoms with Gasteiger partial charge in [-0.05, 0) is 25.3 Å². The molecule has 3 aromatic heterocycles. The van der Waals surface area contributed by atoms with Gasteiger partial charge in [-0.3, -0.25) is 4.79 Å². The highest BCUT2D eigenvalue weighted by Crippen LogP contribution is 2.18. The molecule has 0 saturated carbocycles. The first-order valence-electron chi connectivity index (χ1n) is 8.25. The summed E-state index contributed by atoms with van der Waals surface area (Å²) in [6.45, 7) is 2.10. The maximum Gasteiger partial charge on any atom is 0.259 e. The van der Waals surface area contributed by atoms with E-state index in [0.717, 1.165) is 18.8 Å². The molecule has 1 aliphatic heterocycles. The fraction of sp³-hybridized carbons (Fsp3) is 0.294. The minimum absolute atomic E-state index is 0.255. The van der Waals surface area contributed by atoms with Gasteiger partial charge in [0, 0.05) is 13.1 Å². The van der Waals surface area contributed by atoms with E-state index in [9.17, 15) is 4.79 Å². The first-order valence-corrected chi connectivity index (χ1v) is 8.25. The molecule has 1 amide bonds. The predicted octanol–water partition coefficient (Wildman–Crippen LogP) is 2.50. The van der Waals surface area contributed by atoms with Crippen molar-refractivity contribution in [3.8, 4) is 5.95 Å². The Balaban J connectivity index is 1.45. The number of anilines is 2. The molecule has 0 aliphatic carbocycles. The van der Waals surface area contributed by atoms with Crippen molar-refractivity contribution in [2.75, 3.05) is 23.3 Å². The highest BCUT2D eigenvalue weighted by atomic mass is 16.3. The van der Waals surface area contributed by atoms with Crippen molar-refractivity contribution in [3.63, 3.8) is 0 Å². The van der Waals surface area contributed by atoms with Gasteiger partial charge in [-0.15, -0.1) is 0 Å². The van der Waals surface area contributed by atoms with E-state index in [1.165, 1.54) is 36.5 Å². The number of carbonyl (C=O) groups excluding carboxylic acids is 1. The third-order valence-electron chi connectivity index (χ3n) is 4.17. The van der Waals surface area contributed by atoms with Gasteiger partial charge < -0.3 is 14.6 Å². The Morgan fingerprint density at radius 3 is 2.64 bits per heavy atom. The third kappa shape index (κ3) is 3.37. The van der Waals surface area contributed by atoms with Gasteiger partial charge in [0.25, 0.3) is 11.9 Å². The van der Waals surface area contributed by atoms with E-state index in [4.69, 9.17) is 4.42 Å². The second-order valence-electron chi connectivity index (χ2n) is 5.93. The van der Waals surface area contributed by atoms with Crippen LogP contribution >= 0.6 is 0 Å². The van der Waals surface area contributed by atoms with Crippen LogP contribution in [0.3, 0.4) is 0 Å². The molecule has 4 heterocycles. The lowest BCUT2D eigenvalue weighted by atomic mass is 10.1. The summed E-state index contributed by atoms with van der Waals surface area (Å²) in [5, 5.41) is 6.95. The van der Waals surface area contributed by atoms with Crippen LogP contribution in [0, 0.1) is 0 Å². The average molecular weight is 338 g/mol. The number of nitrogens with zero attached hydrogens (tertiary/aromatic N) is 5. The number of furan rings is 1. The monoisotopic (exact) mass is 338 g/mol. The summed E-state index contributed by atoms with van der Waals surface area (Å²) in [7, 11) is 0. The summed E-state index contributed by atoms with van der Waals surface area (Å²) in [6, 6.07) is 1.60. The highest BCUT2D eigenvalue weighted by Gasteiger charge is 2.13. The molecule has 1 N–H and O–H groups in total. The van der Waals surface area contributed by atoms with Crippen molar-refractivity contribution in [2.45, 2.75) is 19.3 Å². The summed E-state index contributed by atoms with van der Waals surface area (Å²) in [5.41, 5.74) is 2.05. The number of piperidine rings is 1. The summed E-state index contributed by atoms with van der Waals surface area (Å²) in [4.78, 5) is 23.1. The predicted molar refractivity (Wildman–Crippen MR) is 91.9 cm³/mol. The van der Waals surface area contributed by atoms with Gasteiger partial charge in [0.15, 0.2) is 0 Å². The lowest BCUT2D eigenvalue weighted by Crippen LogP contribution is -2.29. The standard InChI is InChI=1S/C17H18N6O2/c24-16(13-4-7-25-12-13)21-14-8-20-23(11-14)17-18-9-15(10-19-17)22-5-2-1-3-6-22/h4,7-12H,1-3,5-6H2,(H,21,24). The van der Waals surface area contributed by atoms with Crippen LogP contribution in [0.5, 0.6) is 0 Å². The normalized spacial score (nSPS) is 14.5. The zero-order valence-electron chi connectivity index (χ0n) is 13.6. The number of aromatic nitrogens is 4. The van der Waals surface area contributed by atoms with Crippen molar-refractivity contribution >= 4 is 17.3 Å². The van der Waals surface area contributed by atoms with Crippen LogP contribution in [0.4, 0.5) is 11.4 Å². The first kappa shape index (κ1) is 15.4. The van der Waals surface area contributed by atoms with Gasteiger partial charge >= 0.3 is 0 Å². The summed E-state index contributed by atoms with van der Waals surface area (Å²) in [5.74, 6) is 0.208. The Bertz CT molecular complexity index is 834. The molecule has 0 radical (unpaired) electrons. The fourth-order valence-corrected chi connectivity index (χ4v) is 2.84. The molecule has 0 atom stereocenters. The molecule has 25 heavy (non-hydrogen) atoms. The molecule has 1 fully saturated rings. The van der Waals surface area contributed by atoms with E-state index >= 15 is 0 Å². The van der Waals surface area contributed by atoms with E-state index in [1.54, 1.807) is 18.5 Å². The molecule has 8 nitrogen and oxygen atoms in total. The highest BCUT2D eigenvalue weighted by molar-refractivity contribution is 6.03. The quantitative estimate of drug-likeness (QED) is 0.786. The van der Waals surface area contributed by atoms with Crippen LogP contribution < -0.4 is 10.2 Å². The maximum absolute atomic E-state index is 12.0. The summed E-state index contributed by atoms with van der Waals surface area (Å²) < 4.78 is 6.44. The molecule has 128 valence electrons. The van der Waals surface area contributed by atoms with Crippen molar-refractivity contribution in [3.05, 3.63) is 48.9 Å². The average Bonchev–Trinajstić information content (AvgIpc) is 3.35. The van der Waals surface area contributed by atoms with Gasteiger partial charge in [-0.1, -0.05) is 0 Å². The smallest absolute Gasteiger partial charge is 0.259 e. The molecule has 3 aromatic rings. The second kappa shape index (κ2) is 6.76. The second-order valence-corrected chi connectivity index (χ2v) is 5.93. The fourth-order valence-electron chi connectivity index (χ4n) is 2.84. The number of amides is 1. The van der Waals surface area contributed by atoms with Gasteiger partial charge in [0.1, 0.15) is 6.26 Å². The zero-order valence-corrected chi connectivity index (χ0v) is 13.6. The lowest BCUT2D eigenvalue weighted by molar-refractivity contribution is 0.102. The number of hydrogen-bond donors (Lipinski definition) is 1. The minimum Gasteiger partial charge on any atom is -0.472 e. The van der Waals surface area contributed by atoms with Crippen molar-refractivity contribution in [1.29, 1.82) is 0 Å². The van der Waals surface area contributed by atoms with Crippen LogP contribution in [-0.4, -0.2) is 38.7 Å². The molecule has 0 spiro atoms. The van der Waals surface area contributed by atoms with Gasteiger partial charge in [-0.25, -0.2) is 14.6 Å². The minimum atomic E-state index is -0.255. The number of hydrogen-bond acceptors (Lipinski definition) is 6. The number of rotatable bonds is 4. The van der Waals surface area contributed by atoms with Crippen LogP contribution in [0.1, 0.15) is 29.6 Å². The van der Waals surface area contributed by atoms with Gasteiger partial charge in [-0.2, -0.15) is 5.10 Å². The van der Waals surface area contributed by atoms with Crippen molar-refractivity contribution in [1.82, 2.24) is 19.7 Å². The molecular weight excluding hydrogens is 320 g/mol. The Kier molecular flexibility index (Phi) is 4.16. The Labute approximate surface area is 144 Å². The van der Waals surface area contributed by atoms with E-state index in [2.05, 4.69) is 25.3 Å². The maximum atomic E-state index is 12.0. The van der Waals surface area contributed by atoms with Gasteiger partial charge in [0.05, 0.1) is 48.0 Å². The first-order chi connectivity index (χ1) is 12.3. The van der Waals surface area contributed by atoms with Gasteiger partial charge in [0.2, 0.25) is 0 Å². The molecule has 8 heteroatoms. The molecule has 1 saturated heterocycles. The largest absolute Gasteiger partial charge is 0.472 e. The molecule has 0 bridgehead atoms. The van der Waals surface area contributed by atoms with Crippen LogP contribution in [0.2, 0.25) is 0 Å². The number of carbonyl (C=O) groups is 1.